The molecule has 1 amide bonds. The molecule has 0 fully saturated rings. The van der Waals surface area contributed by atoms with Crippen LogP contribution in [0.25, 0.3) is 22.2 Å². The molecule has 2 heterocycles. The van der Waals surface area contributed by atoms with Crippen LogP contribution < -0.4 is 20.3 Å². The number of methoxy groups -OCH3 is 1. The van der Waals surface area contributed by atoms with E-state index in [-0.39, 0.29) is 11.8 Å². The minimum absolute atomic E-state index is 0.0934. The molecule has 2 N–H and O–H groups in total. The van der Waals surface area contributed by atoms with Crippen molar-refractivity contribution in [3.63, 3.8) is 0 Å². The molecule has 4 aromatic rings. The Labute approximate surface area is 236 Å². The highest BCUT2D eigenvalue weighted by molar-refractivity contribution is 6.03. The maximum Gasteiger partial charge on any atom is 0.247 e. The van der Waals surface area contributed by atoms with E-state index >= 15 is 0 Å². The monoisotopic (exact) mass is 541 g/mol. The minimum atomic E-state index is -0.290. The van der Waals surface area contributed by atoms with Gasteiger partial charge in [-0.25, -0.2) is 9.97 Å². The van der Waals surface area contributed by atoms with Crippen LogP contribution in [0.4, 0.5) is 23.0 Å². The molecule has 0 atom stereocenters. The molecule has 0 spiro atoms. The van der Waals surface area contributed by atoms with Gasteiger partial charge >= 0.3 is 0 Å². The lowest BCUT2D eigenvalue weighted by Gasteiger charge is -2.30. The summed E-state index contributed by atoms with van der Waals surface area (Å²) in [5.41, 5.74) is 6.14. The number of fused-ring (bicyclic) bond motifs is 1. The van der Waals surface area contributed by atoms with Crippen molar-refractivity contribution in [2.45, 2.75) is 19.8 Å². The predicted molar refractivity (Wildman–Crippen MR) is 165 cm³/mol. The van der Waals surface area contributed by atoms with E-state index in [2.05, 4.69) is 68.7 Å². The molecular weight excluding hydrogens is 502 g/mol. The Hall–Kier alpha value is -4.37. The Kier molecular flexibility index (Phi) is 8.74. The zero-order valence-corrected chi connectivity index (χ0v) is 24.4. The van der Waals surface area contributed by atoms with Gasteiger partial charge in [0.25, 0.3) is 0 Å². The van der Waals surface area contributed by atoms with Crippen LogP contribution in [0.3, 0.4) is 0 Å². The number of hydrogen-bond donors (Lipinski definition) is 2. The largest absolute Gasteiger partial charge is 0.494 e. The number of aromatic nitrogens is 3. The molecule has 0 saturated carbocycles. The van der Waals surface area contributed by atoms with Gasteiger partial charge in [0, 0.05) is 61.6 Å². The highest BCUT2D eigenvalue weighted by atomic mass is 16.5. The number of likely N-dealkylation sites (N-methyl/N-ethyl adjacent to an activating group) is 2. The molecule has 0 radical (unpaired) electrons. The maximum absolute atomic E-state index is 12.5. The molecule has 0 saturated heterocycles. The lowest BCUT2D eigenvalue weighted by atomic mass is 9.96. The Morgan fingerprint density at radius 2 is 1.90 bits per heavy atom. The second-order valence-electron chi connectivity index (χ2n) is 10.4. The Morgan fingerprint density at radius 3 is 2.58 bits per heavy atom. The quantitative estimate of drug-likeness (QED) is 0.238. The van der Waals surface area contributed by atoms with Gasteiger partial charge in [0.05, 0.1) is 29.9 Å². The fourth-order valence-corrected chi connectivity index (χ4v) is 4.91. The third-order valence-electron chi connectivity index (χ3n) is 6.85. The number of benzene rings is 2. The standard InChI is InChI=1S/C31H39N7O2/c1-9-27(39)33-24-18-25(30(40-8)28(20(2)3)29(24)37(6)17-16-36(4)5)35-31-32-15-14-23(34-31)22-19-38(7)26-13-11-10-12-21(22)26/h9-15,18-20H,1,16-17H2,2-8H3,(H,33,39)(H,32,34,35). The molecular formula is C31H39N7O2. The molecule has 9 heteroatoms. The Balaban J connectivity index is 1.82. The molecule has 0 aliphatic rings. The SMILES string of the molecule is C=CC(=O)Nc1cc(Nc2nccc(-c3cn(C)c4ccccc34)n2)c(OC)c(C(C)C)c1N(C)CCN(C)C. The van der Waals surface area contributed by atoms with Gasteiger partial charge < -0.3 is 29.7 Å². The summed E-state index contributed by atoms with van der Waals surface area (Å²) >= 11 is 0. The number of rotatable bonds is 11. The van der Waals surface area contributed by atoms with Crippen molar-refractivity contribution >= 4 is 39.8 Å². The van der Waals surface area contributed by atoms with E-state index in [1.165, 1.54) is 6.08 Å². The summed E-state index contributed by atoms with van der Waals surface area (Å²) in [4.78, 5) is 26.1. The van der Waals surface area contributed by atoms with Crippen molar-refractivity contribution in [3.8, 4) is 17.0 Å². The molecule has 9 nitrogen and oxygen atoms in total. The second-order valence-corrected chi connectivity index (χ2v) is 10.4. The number of hydrogen-bond acceptors (Lipinski definition) is 7. The fraction of sp³-hybridized carbons (Fsp3) is 0.323. The lowest BCUT2D eigenvalue weighted by Crippen LogP contribution is -2.30. The molecule has 0 unspecified atom stereocenters. The summed E-state index contributed by atoms with van der Waals surface area (Å²) in [5, 5.41) is 7.50. The van der Waals surface area contributed by atoms with Crippen LogP contribution in [-0.4, -0.2) is 66.7 Å². The van der Waals surface area contributed by atoms with Crippen molar-refractivity contribution in [1.82, 2.24) is 19.4 Å². The summed E-state index contributed by atoms with van der Waals surface area (Å²) in [7, 11) is 9.79. The minimum Gasteiger partial charge on any atom is -0.494 e. The van der Waals surface area contributed by atoms with E-state index in [0.717, 1.165) is 46.5 Å². The molecule has 210 valence electrons. The number of anilines is 4. The summed E-state index contributed by atoms with van der Waals surface area (Å²) in [6.07, 6.45) is 5.09. The average Bonchev–Trinajstić information content (AvgIpc) is 3.27. The first-order chi connectivity index (χ1) is 19.1. The first-order valence-electron chi connectivity index (χ1n) is 13.3. The third-order valence-corrected chi connectivity index (χ3v) is 6.85. The number of amides is 1. The average molecular weight is 542 g/mol. The number of para-hydroxylation sites is 1. The number of nitrogens with one attached hydrogen (secondary N) is 2. The highest BCUT2D eigenvalue weighted by Crippen LogP contribution is 2.46. The lowest BCUT2D eigenvalue weighted by molar-refractivity contribution is -0.111. The van der Waals surface area contributed by atoms with Crippen molar-refractivity contribution in [1.29, 1.82) is 0 Å². The van der Waals surface area contributed by atoms with Gasteiger partial charge in [-0.2, -0.15) is 0 Å². The van der Waals surface area contributed by atoms with E-state index in [4.69, 9.17) is 9.72 Å². The molecule has 0 aliphatic heterocycles. The predicted octanol–water partition coefficient (Wildman–Crippen LogP) is 5.63. The van der Waals surface area contributed by atoms with E-state index in [1.54, 1.807) is 13.3 Å². The smallest absolute Gasteiger partial charge is 0.247 e. The molecule has 2 aromatic heterocycles. The first kappa shape index (κ1) is 28.6. The highest BCUT2D eigenvalue weighted by Gasteiger charge is 2.25. The second kappa shape index (κ2) is 12.2. The molecule has 40 heavy (non-hydrogen) atoms. The first-order valence-corrected chi connectivity index (χ1v) is 13.3. The van der Waals surface area contributed by atoms with Crippen LogP contribution in [0.5, 0.6) is 5.75 Å². The van der Waals surface area contributed by atoms with Crippen molar-refractivity contribution in [2.75, 3.05) is 56.9 Å². The molecule has 2 aromatic carbocycles. The Bertz CT molecular complexity index is 1520. The van der Waals surface area contributed by atoms with Gasteiger partial charge in [-0.1, -0.05) is 38.6 Å². The van der Waals surface area contributed by atoms with Crippen molar-refractivity contribution in [2.24, 2.45) is 7.05 Å². The van der Waals surface area contributed by atoms with Crippen LogP contribution in [0.1, 0.15) is 25.3 Å². The van der Waals surface area contributed by atoms with Gasteiger partial charge in [0.15, 0.2) is 0 Å². The molecule has 0 aliphatic carbocycles. The van der Waals surface area contributed by atoms with Crippen LogP contribution in [0, 0.1) is 0 Å². The number of aryl methyl sites for hydroxylation is 1. The fourth-order valence-electron chi connectivity index (χ4n) is 4.91. The van der Waals surface area contributed by atoms with E-state index in [1.807, 2.05) is 52.5 Å². The maximum atomic E-state index is 12.5. The normalized spacial score (nSPS) is 11.2. The van der Waals surface area contributed by atoms with Gasteiger partial charge in [-0.3, -0.25) is 4.79 Å². The molecule has 0 bridgehead atoms. The van der Waals surface area contributed by atoms with Crippen LogP contribution in [0.2, 0.25) is 0 Å². The number of carbonyl (C=O) groups is 1. The zero-order valence-electron chi connectivity index (χ0n) is 24.4. The van der Waals surface area contributed by atoms with E-state index in [9.17, 15) is 4.79 Å². The third kappa shape index (κ3) is 5.94. The van der Waals surface area contributed by atoms with Gasteiger partial charge in [0.1, 0.15) is 5.75 Å². The van der Waals surface area contributed by atoms with Gasteiger partial charge in [0.2, 0.25) is 11.9 Å². The van der Waals surface area contributed by atoms with Gasteiger partial charge in [-0.15, -0.1) is 0 Å². The summed E-state index contributed by atoms with van der Waals surface area (Å²) < 4.78 is 8.09. The van der Waals surface area contributed by atoms with E-state index < -0.39 is 0 Å². The number of nitrogens with zero attached hydrogens (tertiary/aromatic N) is 5. The van der Waals surface area contributed by atoms with Crippen LogP contribution in [0.15, 0.2) is 61.4 Å². The van der Waals surface area contributed by atoms with E-state index in [0.29, 0.717) is 23.1 Å². The van der Waals surface area contributed by atoms with Gasteiger partial charge in [-0.05, 0) is 44.3 Å². The number of ether oxygens (including phenoxy) is 1. The van der Waals surface area contributed by atoms with Crippen LogP contribution >= 0.6 is 0 Å². The summed E-state index contributed by atoms with van der Waals surface area (Å²) in [5.74, 6) is 0.906. The molecule has 4 rings (SSSR count). The topological polar surface area (TPSA) is 87.5 Å². The summed E-state index contributed by atoms with van der Waals surface area (Å²) in [6, 6.07) is 12.0. The summed E-state index contributed by atoms with van der Waals surface area (Å²) in [6.45, 7) is 9.47. The Morgan fingerprint density at radius 1 is 1.15 bits per heavy atom. The van der Waals surface area contributed by atoms with Crippen molar-refractivity contribution < 1.29 is 9.53 Å². The van der Waals surface area contributed by atoms with Crippen LogP contribution in [-0.2, 0) is 11.8 Å². The zero-order chi connectivity index (χ0) is 29.0. The van der Waals surface area contributed by atoms with Crippen molar-refractivity contribution in [3.05, 3.63) is 67.0 Å². The number of carbonyl (C=O) groups excluding carboxylic acids is 1.